The van der Waals surface area contributed by atoms with E-state index in [1.54, 1.807) is 0 Å². The number of aromatic nitrogens is 4. The molecule has 1 aromatic carbocycles. The zero-order valence-corrected chi connectivity index (χ0v) is 10.9. The third kappa shape index (κ3) is 2.51. The predicted molar refractivity (Wildman–Crippen MR) is 73.8 cm³/mol. The van der Waals surface area contributed by atoms with E-state index in [9.17, 15) is 0 Å². The first-order chi connectivity index (χ1) is 9.24. The number of hydrogen-bond donors (Lipinski definition) is 2. The van der Waals surface area contributed by atoms with Gasteiger partial charge in [-0.05, 0) is 18.9 Å². The van der Waals surface area contributed by atoms with E-state index in [0.29, 0.717) is 12.3 Å². The molecule has 0 atom stereocenters. The molecular weight excluding hydrogens is 238 g/mol. The minimum atomic E-state index is 0.440. The van der Waals surface area contributed by atoms with Gasteiger partial charge in [0.25, 0.3) is 5.78 Å². The second-order valence-corrected chi connectivity index (χ2v) is 4.77. The van der Waals surface area contributed by atoms with Crippen LogP contribution in [-0.2, 0) is 19.4 Å². The van der Waals surface area contributed by atoms with Gasteiger partial charge in [-0.1, -0.05) is 29.8 Å². The molecule has 0 unspecified atom stereocenters. The van der Waals surface area contributed by atoms with Crippen LogP contribution in [-0.4, -0.2) is 19.6 Å². The normalized spacial score (nSPS) is 11.3. The average molecular weight is 255 g/mol. The average Bonchev–Trinajstić information content (AvgIpc) is 2.94. The van der Waals surface area contributed by atoms with Gasteiger partial charge in [0.1, 0.15) is 5.82 Å². The molecule has 0 aliphatic heterocycles. The fourth-order valence-electron chi connectivity index (χ4n) is 2.20. The molecule has 3 aromatic rings. The van der Waals surface area contributed by atoms with Crippen molar-refractivity contribution in [3.8, 4) is 0 Å². The SMILES string of the molecule is Cc1cccc(CCc2nc3nc(CN)cn3[nH]2)c1. The number of rotatable bonds is 4. The highest BCUT2D eigenvalue weighted by Crippen LogP contribution is 2.08. The Labute approximate surface area is 111 Å². The van der Waals surface area contributed by atoms with Gasteiger partial charge in [0.15, 0.2) is 0 Å². The van der Waals surface area contributed by atoms with Crippen LogP contribution in [0.4, 0.5) is 0 Å². The van der Waals surface area contributed by atoms with Crippen LogP contribution in [0.15, 0.2) is 30.5 Å². The largest absolute Gasteiger partial charge is 0.325 e. The van der Waals surface area contributed by atoms with Crippen molar-refractivity contribution >= 4 is 5.78 Å². The quantitative estimate of drug-likeness (QED) is 0.744. The number of nitrogens with zero attached hydrogens (tertiary/aromatic N) is 3. The zero-order valence-electron chi connectivity index (χ0n) is 10.9. The number of aryl methyl sites for hydroxylation is 3. The Hall–Kier alpha value is -2.14. The summed E-state index contributed by atoms with van der Waals surface area (Å²) in [4.78, 5) is 8.78. The van der Waals surface area contributed by atoms with E-state index in [1.807, 2.05) is 10.7 Å². The maximum Gasteiger partial charge on any atom is 0.250 e. The summed E-state index contributed by atoms with van der Waals surface area (Å²) in [6, 6.07) is 8.56. The summed E-state index contributed by atoms with van der Waals surface area (Å²) < 4.78 is 1.83. The number of nitrogens with two attached hydrogens (primary N) is 1. The van der Waals surface area contributed by atoms with E-state index in [4.69, 9.17) is 5.73 Å². The van der Waals surface area contributed by atoms with Gasteiger partial charge in [-0.15, -0.1) is 0 Å². The molecule has 19 heavy (non-hydrogen) atoms. The fraction of sp³-hybridized carbons (Fsp3) is 0.286. The van der Waals surface area contributed by atoms with E-state index in [2.05, 4.69) is 46.3 Å². The first-order valence-electron chi connectivity index (χ1n) is 6.43. The predicted octanol–water partition coefficient (Wildman–Crippen LogP) is 1.61. The molecule has 3 N–H and O–H groups in total. The van der Waals surface area contributed by atoms with Gasteiger partial charge < -0.3 is 5.73 Å². The molecule has 0 spiro atoms. The number of H-pyrrole nitrogens is 1. The smallest absolute Gasteiger partial charge is 0.250 e. The van der Waals surface area contributed by atoms with E-state index in [1.165, 1.54) is 11.1 Å². The van der Waals surface area contributed by atoms with Crippen molar-refractivity contribution in [3.05, 3.63) is 53.1 Å². The summed E-state index contributed by atoms with van der Waals surface area (Å²) >= 11 is 0. The molecule has 2 heterocycles. The highest BCUT2D eigenvalue weighted by Gasteiger charge is 2.06. The number of imidazole rings is 1. The van der Waals surface area contributed by atoms with Crippen molar-refractivity contribution < 1.29 is 0 Å². The van der Waals surface area contributed by atoms with Gasteiger partial charge in [0, 0.05) is 13.0 Å². The Kier molecular flexibility index (Phi) is 3.05. The summed E-state index contributed by atoms with van der Waals surface area (Å²) in [5.41, 5.74) is 9.01. The Bertz CT molecular complexity index is 663. The second-order valence-electron chi connectivity index (χ2n) is 4.77. The van der Waals surface area contributed by atoms with Gasteiger partial charge in [-0.2, -0.15) is 4.98 Å². The Morgan fingerprint density at radius 1 is 1.26 bits per heavy atom. The van der Waals surface area contributed by atoms with Crippen LogP contribution in [0.5, 0.6) is 0 Å². The third-order valence-electron chi connectivity index (χ3n) is 3.16. The van der Waals surface area contributed by atoms with Crippen molar-refractivity contribution in [2.75, 3.05) is 0 Å². The summed E-state index contributed by atoms with van der Waals surface area (Å²) in [5, 5.41) is 3.22. The third-order valence-corrected chi connectivity index (χ3v) is 3.16. The molecular formula is C14H17N5. The van der Waals surface area contributed by atoms with Crippen molar-refractivity contribution in [2.24, 2.45) is 5.73 Å². The fourth-order valence-corrected chi connectivity index (χ4v) is 2.20. The van der Waals surface area contributed by atoms with E-state index >= 15 is 0 Å². The van der Waals surface area contributed by atoms with E-state index < -0.39 is 0 Å². The van der Waals surface area contributed by atoms with Crippen molar-refractivity contribution in [1.82, 2.24) is 19.6 Å². The molecule has 0 radical (unpaired) electrons. The topological polar surface area (TPSA) is 72.0 Å². The summed E-state index contributed by atoms with van der Waals surface area (Å²) in [6.07, 6.45) is 3.74. The minimum Gasteiger partial charge on any atom is -0.325 e. The molecule has 3 rings (SSSR count). The summed E-state index contributed by atoms with van der Waals surface area (Å²) in [6.45, 7) is 2.55. The lowest BCUT2D eigenvalue weighted by Gasteiger charge is -2.00. The van der Waals surface area contributed by atoms with Crippen LogP contribution in [0.2, 0.25) is 0 Å². The first-order valence-corrected chi connectivity index (χ1v) is 6.43. The molecule has 5 nitrogen and oxygen atoms in total. The lowest BCUT2D eigenvalue weighted by molar-refractivity contribution is 0.834. The Morgan fingerprint density at radius 3 is 2.89 bits per heavy atom. The van der Waals surface area contributed by atoms with Crippen LogP contribution >= 0.6 is 0 Å². The van der Waals surface area contributed by atoms with E-state index in [-0.39, 0.29) is 0 Å². The zero-order chi connectivity index (χ0) is 13.2. The lowest BCUT2D eigenvalue weighted by Crippen LogP contribution is -1.97. The van der Waals surface area contributed by atoms with Crippen LogP contribution < -0.4 is 5.73 Å². The Balaban J connectivity index is 1.73. The van der Waals surface area contributed by atoms with Gasteiger partial charge in [0.05, 0.1) is 11.9 Å². The molecule has 0 fully saturated rings. The van der Waals surface area contributed by atoms with Crippen LogP contribution in [0.25, 0.3) is 5.78 Å². The van der Waals surface area contributed by atoms with E-state index in [0.717, 1.165) is 24.4 Å². The molecule has 0 aliphatic rings. The lowest BCUT2D eigenvalue weighted by atomic mass is 10.1. The monoisotopic (exact) mass is 255 g/mol. The van der Waals surface area contributed by atoms with Gasteiger partial charge in [-0.25, -0.2) is 9.50 Å². The molecule has 0 amide bonds. The van der Waals surface area contributed by atoms with Crippen molar-refractivity contribution in [1.29, 1.82) is 0 Å². The maximum absolute atomic E-state index is 5.54. The highest BCUT2D eigenvalue weighted by molar-refractivity contribution is 5.30. The first kappa shape index (κ1) is 11.9. The van der Waals surface area contributed by atoms with Crippen LogP contribution in [0.3, 0.4) is 0 Å². The Morgan fingerprint density at radius 2 is 2.16 bits per heavy atom. The van der Waals surface area contributed by atoms with Gasteiger partial charge >= 0.3 is 0 Å². The summed E-state index contributed by atoms with van der Waals surface area (Å²) in [5.74, 6) is 1.65. The van der Waals surface area contributed by atoms with Gasteiger partial charge in [0.2, 0.25) is 0 Å². The molecule has 0 bridgehead atoms. The number of nitrogens with one attached hydrogen (secondary N) is 1. The van der Waals surface area contributed by atoms with Crippen molar-refractivity contribution in [3.63, 3.8) is 0 Å². The molecule has 2 aromatic heterocycles. The number of benzene rings is 1. The van der Waals surface area contributed by atoms with Gasteiger partial charge in [-0.3, -0.25) is 5.10 Å². The number of fused-ring (bicyclic) bond motifs is 1. The highest BCUT2D eigenvalue weighted by atomic mass is 15.3. The minimum absolute atomic E-state index is 0.440. The summed E-state index contributed by atoms with van der Waals surface area (Å²) in [7, 11) is 0. The molecule has 0 saturated heterocycles. The molecule has 98 valence electrons. The van der Waals surface area contributed by atoms with Crippen molar-refractivity contribution in [2.45, 2.75) is 26.3 Å². The second kappa shape index (κ2) is 4.85. The number of hydrogen-bond acceptors (Lipinski definition) is 3. The number of aromatic amines is 1. The standard InChI is InChI=1S/C14H17N5/c1-10-3-2-4-11(7-10)5-6-13-17-14-16-12(8-15)9-19(14)18-13/h2-4,7,9H,5-6,8,15H2,1H3,(H,16,17,18). The van der Waals surface area contributed by atoms with Crippen LogP contribution in [0.1, 0.15) is 22.6 Å². The maximum atomic E-state index is 5.54. The molecule has 5 heteroatoms. The molecule has 0 saturated carbocycles. The van der Waals surface area contributed by atoms with Crippen LogP contribution in [0, 0.1) is 6.92 Å². The molecule has 0 aliphatic carbocycles.